The molecule has 1 heterocycles. The lowest BCUT2D eigenvalue weighted by atomic mass is 9.88. The highest BCUT2D eigenvalue weighted by Gasteiger charge is 2.35. The van der Waals surface area contributed by atoms with E-state index in [1.807, 2.05) is 13.8 Å². The Hall–Kier alpha value is -7.78. The Labute approximate surface area is 546 Å². The summed E-state index contributed by atoms with van der Waals surface area (Å²) in [6.45, 7) is 11.2. The largest absolute Gasteiger partial charge is 0.508 e. The van der Waals surface area contributed by atoms with Crippen LogP contribution in [0, 0.1) is 29.6 Å². The number of unbranched alkanes of at least 4 members (excludes halogenated alkanes) is 12. The van der Waals surface area contributed by atoms with Gasteiger partial charge in [-0.15, -0.1) is 0 Å². The SMILES string of the molecule is CCCCCCCCCCCCCCCC(=O)C[C@@H](CC(C)C)C(=O)N[C@@H](C)C(=O)C[C@@H](Cc1ccc(O)cc1)C(=O)N[C@@H](Cc1ccccc1)C(=O)C[C@@H](CCCN=C(N)N)C(=O)N[C@@H](CCCN=C(N)N)C(=O)C[C@@H](C)C(=O)N[C@@H](Cc1cnc[nH]1)C(=O)CC. The molecule has 0 fully saturated rings. The topological polar surface area (TPSA) is 379 Å². The van der Waals surface area contributed by atoms with Gasteiger partial charge in [0.25, 0.3) is 0 Å². The van der Waals surface area contributed by atoms with Gasteiger partial charge in [-0.25, -0.2) is 4.98 Å². The van der Waals surface area contributed by atoms with Gasteiger partial charge in [-0.05, 0) is 87.5 Å². The van der Waals surface area contributed by atoms with Crippen molar-refractivity contribution in [1.29, 1.82) is 0 Å². The molecule has 8 atom stereocenters. The van der Waals surface area contributed by atoms with Crippen LogP contribution < -0.4 is 44.2 Å². The summed E-state index contributed by atoms with van der Waals surface area (Å²) in [5, 5.41) is 21.6. The lowest BCUT2D eigenvalue weighted by Crippen LogP contribution is -2.49. The zero-order valence-electron chi connectivity index (χ0n) is 55.8. The highest BCUT2D eigenvalue weighted by Crippen LogP contribution is 2.24. The molecule has 0 radical (unpaired) electrons. The molecule has 1 aromatic heterocycles. The van der Waals surface area contributed by atoms with Gasteiger partial charge in [0.15, 0.2) is 35.1 Å². The number of guanidine groups is 2. The second-order valence-corrected chi connectivity index (χ2v) is 25.3. The van der Waals surface area contributed by atoms with E-state index in [1.54, 1.807) is 69.4 Å². The van der Waals surface area contributed by atoms with Crippen LogP contribution in [0.5, 0.6) is 5.75 Å². The molecule has 0 aliphatic rings. The van der Waals surface area contributed by atoms with Gasteiger partial charge in [-0.3, -0.25) is 53.1 Å². The normalized spacial score (nSPS) is 13.9. The number of imidazole rings is 1. The summed E-state index contributed by atoms with van der Waals surface area (Å²) in [7, 11) is 0. The van der Waals surface area contributed by atoms with Gasteiger partial charge >= 0.3 is 0 Å². The molecule has 0 aliphatic carbocycles. The van der Waals surface area contributed by atoms with Crippen molar-refractivity contribution >= 4 is 64.5 Å². The first-order chi connectivity index (χ1) is 44.0. The van der Waals surface area contributed by atoms with Crippen LogP contribution in [-0.4, -0.2) is 117 Å². The second-order valence-electron chi connectivity index (χ2n) is 25.3. The molecule has 2 aromatic carbocycles. The van der Waals surface area contributed by atoms with Crippen molar-refractivity contribution in [1.82, 2.24) is 31.2 Å². The fourth-order valence-corrected chi connectivity index (χ4v) is 11.3. The molecule has 0 aliphatic heterocycles. The minimum Gasteiger partial charge on any atom is -0.508 e. The molecule has 0 saturated heterocycles. The summed E-state index contributed by atoms with van der Waals surface area (Å²) in [6.07, 6.45) is 19.2. The standard InChI is InChI=1S/C70H110N12O10/c1-7-9-10-11-12-13-14-15-16-17-18-19-23-29-57(84)41-53(37-47(3)4)67(91)79-49(6)62(86)43-54(39-51-31-33-56(83)34-32-51)68(92)82-59(40-50-26-21-20-22-27-50)64(88)42-52(28-24-35-76-69(71)72)66(90)80-58(30-25-36-77-70(73)74)63(87)38-48(5)65(89)81-60(61(85)8-2)44-55-45-75-46-78-55/h20-22,26-27,31-34,45-49,52-54,58-60,83H,7-19,23-25,28-30,35-44H2,1-6H3,(H,75,78)(H,79,91)(H,80,90)(H,81,89)(H,82,92)(H4,71,72,76)(H4,73,74,77)/t48-,49+,52-,53-,54-,58+,59+,60+/m1/s1. The molecular weight excluding hydrogens is 1170 g/mol. The number of carbonyl (C=O) groups excluding carboxylic acids is 9. The first-order valence-corrected chi connectivity index (χ1v) is 33.7. The summed E-state index contributed by atoms with van der Waals surface area (Å²) in [4.78, 5) is 142. The predicted molar refractivity (Wildman–Crippen MR) is 361 cm³/mol. The Kier molecular flexibility index (Phi) is 38.1. The van der Waals surface area contributed by atoms with Gasteiger partial charge in [0.05, 0.1) is 30.5 Å². The molecule has 0 unspecified atom stereocenters. The third-order valence-corrected chi connectivity index (χ3v) is 16.7. The van der Waals surface area contributed by atoms with Crippen molar-refractivity contribution in [3.63, 3.8) is 0 Å². The average Bonchev–Trinajstić information content (AvgIpc) is 4.26. The number of benzene rings is 2. The number of amides is 4. The minimum atomic E-state index is -1.24. The van der Waals surface area contributed by atoms with E-state index in [0.717, 1.165) is 25.7 Å². The van der Waals surface area contributed by atoms with E-state index < -0.39 is 95.2 Å². The number of aromatic hydroxyl groups is 1. The molecule has 22 nitrogen and oxygen atoms in total. The molecule has 22 heteroatoms. The number of phenols is 1. The van der Waals surface area contributed by atoms with Gasteiger partial charge in [-0.2, -0.15) is 0 Å². The summed E-state index contributed by atoms with van der Waals surface area (Å²) in [6, 6.07) is 10.7. The van der Waals surface area contributed by atoms with Crippen molar-refractivity contribution in [3.05, 3.63) is 83.9 Å². The second kappa shape index (κ2) is 44.7. The summed E-state index contributed by atoms with van der Waals surface area (Å²) in [5.41, 5.74) is 24.4. The van der Waals surface area contributed by atoms with Gasteiger partial charge in [0, 0.05) is 93.6 Å². The average molecular weight is 1280 g/mol. The summed E-state index contributed by atoms with van der Waals surface area (Å²) in [5.74, 6) is -8.04. The molecule has 0 bridgehead atoms. The number of Topliss-reactive ketones (excluding diaryl/α,β-unsaturated/α-hetero) is 5. The van der Waals surface area contributed by atoms with Gasteiger partial charge in [0.2, 0.25) is 23.6 Å². The number of aromatic nitrogens is 2. The Morgan fingerprint density at radius 1 is 0.511 bits per heavy atom. The van der Waals surface area contributed by atoms with Crippen LogP contribution in [0.1, 0.15) is 212 Å². The maximum atomic E-state index is 15.0. The molecular formula is C70H110N12O10. The van der Waals surface area contributed by atoms with Crippen LogP contribution in [0.25, 0.3) is 0 Å². The van der Waals surface area contributed by atoms with Crippen LogP contribution in [0.4, 0.5) is 0 Å². The maximum absolute atomic E-state index is 15.0. The van der Waals surface area contributed by atoms with E-state index in [0.29, 0.717) is 29.7 Å². The smallest absolute Gasteiger partial charge is 0.224 e. The summed E-state index contributed by atoms with van der Waals surface area (Å²) >= 11 is 0. The minimum absolute atomic E-state index is 0.00572. The zero-order chi connectivity index (χ0) is 67.8. The molecule has 3 rings (SSSR count). The van der Waals surface area contributed by atoms with Crippen LogP contribution in [0.15, 0.2) is 77.1 Å². The Balaban J connectivity index is 1.85. The highest BCUT2D eigenvalue weighted by atomic mass is 16.3. The quantitative estimate of drug-likeness (QED) is 0.0145. The Bertz CT molecular complexity index is 2760. The number of hydrogen-bond donors (Lipinski definition) is 10. The number of rotatable bonds is 51. The lowest BCUT2D eigenvalue weighted by molar-refractivity contribution is -0.136. The van der Waals surface area contributed by atoms with E-state index in [4.69, 9.17) is 22.9 Å². The maximum Gasteiger partial charge on any atom is 0.224 e. The predicted octanol–water partition coefficient (Wildman–Crippen LogP) is 8.04. The van der Waals surface area contributed by atoms with Gasteiger partial charge in [0.1, 0.15) is 11.5 Å². The summed E-state index contributed by atoms with van der Waals surface area (Å²) < 4.78 is 0. The number of nitrogens with two attached hydrogens (primary N) is 4. The van der Waals surface area contributed by atoms with E-state index in [2.05, 4.69) is 48.1 Å². The van der Waals surface area contributed by atoms with Crippen LogP contribution in [-0.2, 0) is 62.4 Å². The fourth-order valence-electron chi connectivity index (χ4n) is 11.3. The molecule has 14 N–H and O–H groups in total. The van der Waals surface area contributed by atoms with Crippen molar-refractivity contribution in [2.24, 2.45) is 62.5 Å². The van der Waals surface area contributed by atoms with E-state index in [-0.39, 0.29) is 119 Å². The van der Waals surface area contributed by atoms with Crippen molar-refractivity contribution in [3.8, 4) is 5.75 Å². The highest BCUT2D eigenvalue weighted by molar-refractivity contribution is 5.98. The molecule has 4 amide bonds. The molecule has 3 aromatic rings. The van der Waals surface area contributed by atoms with Crippen molar-refractivity contribution < 1.29 is 48.3 Å². The van der Waals surface area contributed by atoms with E-state index >= 15 is 0 Å². The number of phenolic OH excluding ortho intramolecular Hbond substituents is 1. The zero-order valence-corrected chi connectivity index (χ0v) is 55.8. The van der Waals surface area contributed by atoms with Crippen LogP contribution >= 0.6 is 0 Å². The van der Waals surface area contributed by atoms with Crippen LogP contribution in [0.3, 0.4) is 0 Å². The number of H-pyrrole nitrogens is 1. The monoisotopic (exact) mass is 1280 g/mol. The number of nitrogens with one attached hydrogen (secondary N) is 5. The van der Waals surface area contributed by atoms with Crippen molar-refractivity contribution in [2.45, 2.75) is 239 Å². The molecule has 92 heavy (non-hydrogen) atoms. The van der Waals surface area contributed by atoms with Crippen molar-refractivity contribution in [2.75, 3.05) is 13.1 Å². The molecule has 0 saturated carbocycles. The third kappa shape index (κ3) is 33.0. The Morgan fingerprint density at radius 2 is 1.02 bits per heavy atom. The molecule has 0 spiro atoms. The first kappa shape index (κ1) is 78.5. The number of ketones is 5. The van der Waals surface area contributed by atoms with Crippen LogP contribution in [0.2, 0.25) is 0 Å². The fraction of sp³-hybridized carbons (Fsp3) is 0.629. The third-order valence-electron chi connectivity index (χ3n) is 16.7. The number of carbonyl (C=O) groups is 9. The number of aliphatic imine (C=N–C) groups is 2. The molecule has 510 valence electrons. The number of hydrogen-bond acceptors (Lipinski definition) is 13. The number of nitrogens with zero attached hydrogens (tertiary/aromatic N) is 3. The van der Waals surface area contributed by atoms with E-state index in [9.17, 15) is 48.3 Å². The van der Waals surface area contributed by atoms with Gasteiger partial charge < -0.3 is 54.3 Å². The first-order valence-electron chi connectivity index (χ1n) is 33.7. The van der Waals surface area contributed by atoms with Gasteiger partial charge in [-0.1, -0.05) is 154 Å². The Morgan fingerprint density at radius 3 is 1.59 bits per heavy atom. The number of aromatic amines is 1. The lowest BCUT2D eigenvalue weighted by Gasteiger charge is -2.26. The van der Waals surface area contributed by atoms with E-state index in [1.165, 1.54) is 76.2 Å².